The zero-order valence-electron chi connectivity index (χ0n) is 9.00. The SMILES string of the molecule is CN1CC(C)(C)Sc2cc(C(=O)O)[nH]c21. The summed E-state index contributed by atoms with van der Waals surface area (Å²) in [6, 6.07) is 1.71. The second-order valence-corrected chi connectivity index (χ2v) is 6.17. The summed E-state index contributed by atoms with van der Waals surface area (Å²) >= 11 is 1.72. The van der Waals surface area contributed by atoms with Crippen molar-refractivity contribution in [2.75, 3.05) is 18.5 Å². The highest BCUT2D eigenvalue weighted by Crippen LogP contribution is 2.43. The minimum absolute atomic E-state index is 0.125. The first kappa shape index (κ1) is 10.4. The van der Waals surface area contributed by atoms with E-state index in [1.165, 1.54) is 0 Å². The van der Waals surface area contributed by atoms with E-state index in [9.17, 15) is 4.79 Å². The monoisotopic (exact) mass is 226 g/mol. The molecule has 1 aliphatic heterocycles. The molecule has 0 amide bonds. The number of nitrogens with zero attached hydrogens (tertiary/aromatic N) is 1. The lowest BCUT2D eigenvalue weighted by atomic mass is 10.2. The van der Waals surface area contributed by atoms with Crippen molar-refractivity contribution in [2.24, 2.45) is 0 Å². The summed E-state index contributed by atoms with van der Waals surface area (Å²) < 4.78 is 0.125. The van der Waals surface area contributed by atoms with Gasteiger partial charge in [0.05, 0.1) is 4.90 Å². The van der Waals surface area contributed by atoms with Crippen molar-refractivity contribution in [3.05, 3.63) is 11.8 Å². The Labute approximate surface area is 92.7 Å². The van der Waals surface area contributed by atoms with Crippen LogP contribution >= 0.6 is 11.8 Å². The summed E-state index contributed by atoms with van der Waals surface area (Å²) in [7, 11) is 1.97. The van der Waals surface area contributed by atoms with E-state index in [4.69, 9.17) is 5.11 Å². The number of aromatic nitrogens is 1. The molecule has 2 heterocycles. The van der Waals surface area contributed by atoms with Crippen molar-refractivity contribution in [2.45, 2.75) is 23.5 Å². The Balaban J connectivity index is 2.42. The molecule has 15 heavy (non-hydrogen) atoms. The van der Waals surface area contributed by atoms with Gasteiger partial charge in [-0.25, -0.2) is 4.79 Å². The predicted octanol–water partition coefficient (Wildman–Crippen LogP) is 2.03. The van der Waals surface area contributed by atoms with Gasteiger partial charge < -0.3 is 15.0 Å². The molecule has 0 aromatic carbocycles. The number of hydrogen-bond donors (Lipinski definition) is 2. The third-order valence-corrected chi connectivity index (χ3v) is 3.59. The Morgan fingerprint density at radius 3 is 2.93 bits per heavy atom. The number of hydrogen-bond acceptors (Lipinski definition) is 3. The number of fused-ring (bicyclic) bond motifs is 1. The van der Waals surface area contributed by atoms with Gasteiger partial charge in [0.25, 0.3) is 0 Å². The topological polar surface area (TPSA) is 56.3 Å². The van der Waals surface area contributed by atoms with Crippen LogP contribution in [0.4, 0.5) is 5.82 Å². The van der Waals surface area contributed by atoms with Gasteiger partial charge in [-0.2, -0.15) is 0 Å². The molecule has 0 saturated heterocycles. The lowest BCUT2D eigenvalue weighted by Crippen LogP contribution is -2.37. The first-order valence-electron chi connectivity index (χ1n) is 4.75. The van der Waals surface area contributed by atoms with Crippen LogP contribution in [0.1, 0.15) is 24.3 Å². The molecule has 0 saturated carbocycles. The minimum atomic E-state index is -0.906. The van der Waals surface area contributed by atoms with Crippen LogP contribution in [0.3, 0.4) is 0 Å². The standard InChI is InChI=1S/C10H14N2O2S/c1-10(2)5-12(3)8-7(15-10)4-6(11-8)9(13)14/h4,11H,5H2,1-3H3,(H,13,14). The van der Waals surface area contributed by atoms with Crippen molar-refractivity contribution in [1.82, 2.24) is 4.98 Å². The first-order chi connectivity index (χ1) is 6.89. The van der Waals surface area contributed by atoms with Gasteiger partial charge >= 0.3 is 5.97 Å². The molecule has 82 valence electrons. The van der Waals surface area contributed by atoms with Crippen LogP contribution in [-0.4, -0.2) is 34.4 Å². The molecule has 1 aliphatic rings. The van der Waals surface area contributed by atoms with Crippen LogP contribution in [0.15, 0.2) is 11.0 Å². The van der Waals surface area contributed by atoms with E-state index >= 15 is 0 Å². The van der Waals surface area contributed by atoms with E-state index in [-0.39, 0.29) is 10.4 Å². The average molecular weight is 226 g/mol. The van der Waals surface area contributed by atoms with Crippen molar-refractivity contribution < 1.29 is 9.90 Å². The van der Waals surface area contributed by atoms with Gasteiger partial charge in [0.2, 0.25) is 0 Å². The second kappa shape index (κ2) is 3.20. The lowest BCUT2D eigenvalue weighted by molar-refractivity contribution is 0.0691. The summed E-state index contributed by atoms with van der Waals surface area (Å²) in [5, 5.41) is 8.89. The van der Waals surface area contributed by atoms with Crippen LogP contribution in [0.2, 0.25) is 0 Å². The van der Waals surface area contributed by atoms with Crippen molar-refractivity contribution in [3.63, 3.8) is 0 Å². The third-order valence-electron chi connectivity index (χ3n) is 2.38. The summed E-state index contributed by atoms with van der Waals surface area (Å²) in [5.74, 6) is 0.00734. The molecule has 0 spiro atoms. The molecule has 2 rings (SSSR count). The molecule has 0 bridgehead atoms. The number of nitrogens with one attached hydrogen (secondary N) is 1. The largest absolute Gasteiger partial charge is 0.477 e. The first-order valence-corrected chi connectivity index (χ1v) is 5.57. The third kappa shape index (κ3) is 1.84. The smallest absolute Gasteiger partial charge is 0.352 e. The summed E-state index contributed by atoms with van der Waals surface area (Å²) in [6.07, 6.45) is 0. The maximum atomic E-state index is 10.8. The van der Waals surface area contributed by atoms with Gasteiger partial charge in [-0.15, -0.1) is 11.8 Å². The van der Waals surface area contributed by atoms with Crippen LogP contribution in [0.5, 0.6) is 0 Å². The van der Waals surface area contributed by atoms with Gasteiger partial charge in [0, 0.05) is 18.3 Å². The number of thioether (sulfide) groups is 1. The van der Waals surface area contributed by atoms with Crippen LogP contribution in [0.25, 0.3) is 0 Å². The molecular formula is C10H14N2O2S. The number of anilines is 1. The molecule has 2 N–H and O–H groups in total. The number of rotatable bonds is 1. The molecule has 0 atom stereocenters. The van der Waals surface area contributed by atoms with Gasteiger partial charge in [0.15, 0.2) is 0 Å². The van der Waals surface area contributed by atoms with Crippen LogP contribution in [-0.2, 0) is 0 Å². The molecule has 0 unspecified atom stereocenters. The van der Waals surface area contributed by atoms with Gasteiger partial charge in [-0.1, -0.05) is 0 Å². The zero-order valence-corrected chi connectivity index (χ0v) is 9.81. The maximum Gasteiger partial charge on any atom is 0.352 e. The van der Waals surface area contributed by atoms with E-state index in [2.05, 4.69) is 23.7 Å². The van der Waals surface area contributed by atoms with Crippen molar-refractivity contribution in [1.29, 1.82) is 0 Å². The molecule has 0 aliphatic carbocycles. The van der Waals surface area contributed by atoms with Gasteiger partial charge in [-0.05, 0) is 19.9 Å². The highest BCUT2D eigenvalue weighted by molar-refractivity contribution is 8.00. The second-order valence-electron chi connectivity index (χ2n) is 4.42. The summed E-state index contributed by atoms with van der Waals surface area (Å²) in [4.78, 5) is 16.8. The van der Waals surface area contributed by atoms with Gasteiger partial charge in [-0.3, -0.25) is 0 Å². The highest BCUT2D eigenvalue weighted by atomic mass is 32.2. The predicted molar refractivity (Wildman–Crippen MR) is 61.0 cm³/mol. The Kier molecular flexibility index (Phi) is 2.22. The number of aromatic carboxylic acids is 1. The molecular weight excluding hydrogens is 212 g/mol. The summed E-state index contributed by atoms with van der Waals surface area (Å²) in [5.41, 5.74) is 0.261. The van der Waals surface area contributed by atoms with E-state index in [1.54, 1.807) is 17.8 Å². The molecule has 4 nitrogen and oxygen atoms in total. The average Bonchev–Trinajstić information content (AvgIpc) is 2.45. The molecule has 0 fully saturated rings. The molecule has 0 radical (unpaired) electrons. The van der Waals surface area contributed by atoms with Crippen molar-refractivity contribution >= 4 is 23.5 Å². The maximum absolute atomic E-state index is 10.8. The van der Waals surface area contributed by atoms with E-state index in [0.29, 0.717) is 0 Å². The Morgan fingerprint density at radius 2 is 2.33 bits per heavy atom. The van der Waals surface area contributed by atoms with Crippen molar-refractivity contribution in [3.8, 4) is 0 Å². The molecule has 1 aromatic heterocycles. The quantitative estimate of drug-likeness (QED) is 0.769. The van der Waals surface area contributed by atoms with Crippen LogP contribution in [0, 0.1) is 0 Å². The highest BCUT2D eigenvalue weighted by Gasteiger charge is 2.31. The number of aromatic amines is 1. The number of carboxylic acids is 1. The fraction of sp³-hybridized carbons (Fsp3) is 0.500. The molecule has 5 heteroatoms. The number of carbonyl (C=O) groups is 1. The van der Waals surface area contributed by atoms with E-state index in [0.717, 1.165) is 17.3 Å². The van der Waals surface area contributed by atoms with E-state index in [1.807, 2.05) is 7.05 Å². The summed E-state index contributed by atoms with van der Waals surface area (Å²) in [6.45, 7) is 5.22. The van der Waals surface area contributed by atoms with E-state index < -0.39 is 5.97 Å². The number of H-pyrrole nitrogens is 1. The Morgan fingerprint density at radius 1 is 1.67 bits per heavy atom. The Hall–Kier alpha value is -1.10. The fourth-order valence-electron chi connectivity index (χ4n) is 1.88. The lowest BCUT2D eigenvalue weighted by Gasteiger charge is -2.35. The number of carboxylic acid groups (broad SMARTS) is 1. The Bertz CT molecular complexity index is 412. The van der Waals surface area contributed by atoms with Crippen LogP contribution < -0.4 is 4.90 Å². The minimum Gasteiger partial charge on any atom is -0.477 e. The molecule has 1 aromatic rings. The normalized spacial score (nSPS) is 18.7. The van der Waals surface area contributed by atoms with Gasteiger partial charge in [0.1, 0.15) is 11.5 Å². The fourth-order valence-corrected chi connectivity index (χ4v) is 3.22. The zero-order chi connectivity index (χ0) is 11.2.